The molecule has 3 nitrogen and oxygen atoms in total. The predicted octanol–water partition coefficient (Wildman–Crippen LogP) is 3.11. The molecule has 2 unspecified atom stereocenters. The fraction of sp³-hybridized carbons (Fsp3) is 0.500. The average Bonchev–Trinajstić information content (AvgIpc) is 2.35. The smallest absolute Gasteiger partial charge is 0.253 e. The van der Waals surface area contributed by atoms with Crippen molar-refractivity contribution in [2.45, 2.75) is 20.3 Å². The highest BCUT2D eigenvalue weighted by molar-refractivity contribution is 14.1. The number of amides is 1. The number of hydrogen-bond donors (Lipinski definition) is 1. The zero-order chi connectivity index (χ0) is 13.3. The van der Waals surface area contributed by atoms with Crippen LogP contribution < -0.4 is 0 Å². The number of piperidine rings is 1. The minimum Gasteiger partial charge on any atom is -0.507 e. The molecular weight excluding hydrogens is 341 g/mol. The first-order valence-electron chi connectivity index (χ1n) is 6.27. The molecule has 1 heterocycles. The summed E-state index contributed by atoms with van der Waals surface area (Å²) in [5.41, 5.74) is 0.578. The van der Waals surface area contributed by atoms with Gasteiger partial charge in [-0.1, -0.05) is 13.8 Å². The van der Waals surface area contributed by atoms with E-state index in [1.165, 1.54) is 0 Å². The van der Waals surface area contributed by atoms with Crippen LogP contribution in [0.4, 0.5) is 0 Å². The zero-order valence-corrected chi connectivity index (χ0v) is 12.8. The van der Waals surface area contributed by atoms with Gasteiger partial charge in [0.2, 0.25) is 0 Å². The van der Waals surface area contributed by atoms with Gasteiger partial charge >= 0.3 is 0 Å². The number of aromatic hydroxyl groups is 1. The summed E-state index contributed by atoms with van der Waals surface area (Å²) in [5, 5.41) is 9.66. The van der Waals surface area contributed by atoms with Crippen LogP contribution in [0.5, 0.6) is 5.75 Å². The molecule has 1 aliphatic heterocycles. The van der Waals surface area contributed by atoms with Gasteiger partial charge in [0.1, 0.15) is 5.75 Å². The van der Waals surface area contributed by atoms with Crippen molar-refractivity contribution >= 4 is 28.5 Å². The number of carbonyl (C=O) groups is 1. The Morgan fingerprint density at radius 2 is 2.11 bits per heavy atom. The van der Waals surface area contributed by atoms with Gasteiger partial charge in [0.25, 0.3) is 5.91 Å². The Morgan fingerprint density at radius 3 is 2.72 bits per heavy atom. The summed E-state index contributed by atoms with van der Waals surface area (Å²) in [7, 11) is 0. The molecule has 0 saturated carbocycles. The van der Waals surface area contributed by atoms with E-state index in [-0.39, 0.29) is 11.7 Å². The topological polar surface area (TPSA) is 40.5 Å². The van der Waals surface area contributed by atoms with Crippen molar-refractivity contribution in [3.05, 3.63) is 27.3 Å². The fourth-order valence-corrected chi connectivity index (χ4v) is 2.61. The highest BCUT2D eigenvalue weighted by Crippen LogP contribution is 2.25. The molecule has 4 heteroatoms. The van der Waals surface area contributed by atoms with Gasteiger partial charge in [-0.15, -0.1) is 0 Å². The molecule has 1 aromatic carbocycles. The van der Waals surface area contributed by atoms with Crippen molar-refractivity contribution in [1.29, 1.82) is 0 Å². The molecule has 2 rings (SSSR count). The summed E-state index contributed by atoms with van der Waals surface area (Å²) in [4.78, 5) is 14.2. The number of likely N-dealkylation sites (tertiary alicyclic amines) is 1. The third-order valence-corrected chi connectivity index (χ3v) is 4.73. The molecule has 0 aliphatic carbocycles. The molecule has 1 N–H and O–H groups in total. The SMILES string of the molecule is CC1CCN(C(=O)c2ccc(I)c(O)c2)CC1C. The van der Waals surface area contributed by atoms with Crippen molar-refractivity contribution in [2.24, 2.45) is 11.8 Å². The molecule has 0 aromatic heterocycles. The van der Waals surface area contributed by atoms with E-state index in [0.29, 0.717) is 17.4 Å². The number of phenols is 1. The lowest BCUT2D eigenvalue weighted by Gasteiger charge is -2.35. The average molecular weight is 359 g/mol. The summed E-state index contributed by atoms with van der Waals surface area (Å²) in [5.74, 6) is 1.43. The number of nitrogens with zero attached hydrogens (tertiary/aromatic N) is 1. The van der Waals surface area contributed by atoms with E-state index in [1.807, 2.05) is 27.5 Å². The molecule has 98 valence electrons. The molecular formula is C14H18INO2. The first kappa shape index (κ1) is 13.6. The maximum atomic E-state index is 12.3. The summed E-state index contributed by atoms with van der Waals surface area (Å²) in [6, 6.07) is 5.12. The van der Waals surface area contributed by atoms with Crippen molar-refractivity contribution in [3.63, 3.8) is 0 Å². The second-order valence-corrected chi connectivity index (χ2v) is 6.32. The Kier molecular flexibility index (Phi) is 4.14. The van der Waals surface area contributed by atoms with Crippen LogP contribution in [0.2, 0.25) is 0 Å². The Balaban J connectivity index is 2.14. The van der Waals surface area contributed by atoms with Crippen molar-refractivity contribution < 1.29 is 9.90 Å². The van der Waals surface area contributed by atoms with E-state index in [9.17, 15) is 9.90 Å². The molecule has 1 amide bonds. The fourth-order valence-electron chi connectivity index (χ4n) is 2.28. The number of carbonyl (C=O) groups excluding carboxylic acids is 1. The quantitative estimate of drug-likeness (QED) is 0.783. The second kappa shape index (κ2) is 5.47. The largest absolute Gasteiger partial charge is 0.507 e. The zero-order valence-electron chi connectivity index (χ0n) is 10.7. The van der Waals surface area contributed by atoms with Gasteiger partial charge in [0.05, 0.1) is 3.57 Å². The number of benzene rings is 1. The third kappa shape index (κ3) is 2.79. The third-order valence-electron chi connectivity index (χ3n) is 3.81. The van der Waals surface area contributed by atoms with Gasteiger partial charge in [-0.3, -0.25) is 4.79 Å². The molecule has 1 aromatic rings. The van der Waals surface area contributed by atoms with Crippen molar-refractivity contribution in [2.75, 3.05) is 13.1 Å². The maximum Gasteiger partial charge on any atom is 0.253 e. The highest BCUT2D eigenvalue weighted by atomic mass is 127. The lowest BCUT2D eigenvalue weighted by Crippen LogP contribution is -2.42. The van der Waals surface area contributed by atoms with Crippen LogP contribution in [-0.2, 0) is 0 Å². The predicted molar refractivity (Wildman–Crippen MR) is 79.7 cm³/mol. The Hall–Kier alpha value is -0.780. The van der Waals surface area contributed by atoms with Crippen molar-refractivity contribution in [1.82, 2.24) is 4.90 Å². The van der Waals surface area contributed by atoms with E-state index < -0.39 is 0 Å². The normalized spacial score (nSPS) is 24.1. The second-order valence-electron chi connectivity index (χ2n) is 5.16. The summed E-state index contributed by atoms with van der Waals surface area (Å²) in [6.07, 6.45) is 1.06. The van der Waals surface area contributed by atoms with Gasteiger partial charge < -0.3 is 10.0 Å². The Labute approximate surface area is 121 Å². The van der Waals surface area contributed by atoms with E-state index in [0.717, 1.165) is 23.1 Å². The highest BCUT2D eigenvalue weighted by Gasteiger charge is 2.26. The van der Waals surface area contributed by atoms with Crippen LogP contribution in [0.3, 0.4) is 0 Å². The molecule has 18 heavy (non-hydrogen) atoms. The molecule has 0 radical (unpaired) electrons. The van der Waals surface area contributed by atoms with Crippen LogP contribution in [-0.4, -0.2) is 29.0 Å². The number of rotatable bonds is 1. The van der Waals surface area contributed by atoms with E-state index in [2.05, 4.69) is 13.8 Å². The summed E-state index contributed by atoms with van der Waals surface area (Å²) >= 11 is 2.05. The number of phenolic OH excluding ortho intramolecular Hbond substituents is 1. The van der Waals surface area contributed by atoms with E-state index >= 15 is 0 Å². The van der Waals surface area contributed by atoms with E-state index in [4.69, 9.17) is 0 Å². The van der Waals surface area contributed by atoms with Crippen molar-refractivity contribution in [3.8, 4) is 5.75 Å². The number of hydrogen-bond acceptors (Lipinski definition) is 2. The molecule has 0 spiro atoms. The Bertz CT molecular complexity index is 461. The lowest BCUT2D eigenvalue weighted by atomic mass is 9.88. The minimum atomic E-state index is 0.0282. The van der Waals surface area contributed by atoms with Gasteiger partial charge in [0, 0.05) is 18.7 Å². The molecule has 1 saturated heterocycles. The summed E-state index contributed by atoms with van der Waals surface area (Å²) in [6.45, 7) is 6.06. The van der Waals surface area contributed by atoms with Crippen LogP contribution in [0, 0.1) is 15.4 Å². The molecule has 1 aliphatic rings. The van der Waals surface area contributed by atoms with Gasteiger partial charge in [-0.25, -0.2) is 0 Å². The lowest BCUT2D eigenvalue weighted by molar-refractivity contribution is 0.0627. The first-order chi connectivity index (χ1) is 8.49. The number of halogens is 1. The van der Waals surface area contributed by atoms with Gasteiger partial charge in [-0.05, 0) is 59.0 Å². The standard InChI is InChI=1S/C14H18INO2/c1-9-5-6-16(8-10(9)2)14(18)11-3-4-12(15)13(17)7-11/h3-4,7,9-10,17H,5-6,8H2,1-2H3. The monoisotopic (exact) mass is 359 g/mol. The minimum absolute atomic E-state index is 0.0282. The van der Waals surface area contributed by atoms with Gasteiger partial charge in [0.15, 0.2) is 0 Å². The summed E-state index contributed by atoms with van der Waals surface area (Å²) < 4.78 is 0.768. The van der Waals surface area contributed by atoms with Crippen LogP contribution in [0.15, 0.2) is 18.2 Å². The van der Waals surface area contributed by atoms with Crippen LogP contribution in [0.25, 0.3) is 0 Å². The van der Waals surface area contributed by atoms with Crippen LogP contribution in [0.1, 0.15) is 30.6 Å². The van der Waals surface area contributed by atoms with Crippen LogP contribution >= 0.6 is 22.6 Å². The Morgan fingerprint density at radius 1 is 1.39 bits per heavy atom. The maximum absolute atomic E-state index is 12.3. The molecule has 2 atom stereocenters. The van der Waals surface area contributed by atoms with E-state index in [1.54, 1.807) is 18.2 Å². The molecule has 0 bridgehead atoms. The van der Waals surface area contributed by atoms with Gasteiger partial charge in [-0.2, -0.15) is 0 Å². The molecule has 1 fully saturated rings. The first-order valence-corrected chi connectivity index (χ1v) is 7.34.